The maximum absolute atomic E-state index is 12.8. The van der Waals surface area contributed by atoms with Gasteiger partial charge in [0.1, 0.15) is 5.69 Å². The van der Waals surface area contributed by atoms with E-state index in [0.717, 1.165) is 0 Å². The van der Waals surface area contributed by atoms with E-state index >= 15 is 0 Å². The first-order chi connectivity index (χ1) is 6.06. The van der Waals surface area contributed by atoms with E-state index in [0.29, 0.717) is 0 Å². The standard InChI is InChI=1S/C7H6BrF3N2/c8-4-1-3(2-12)7(11)13-5(4)6(9)10/h1,6H,2,12H2. The second-order valence-corrected chi connectivity index (χ2v) is 3.16. The highest BCUT2D eigenvalue weighted by Crippen LogP contribution is 2.26. The summed E-state index contributed by atoms with van der Waals surface area (Å²) in [5.74, 6) is -0.944. The fourth-order valence-corrected chi connectivity index (χ4v) is 1.35. The van der Waals surface area contributed by atoms with Gasteiger partial charge in [-0.1, -0.05) is 0 Å². The Bertz CT molecular complexity index is 317. The van der Waals surface area contributed by atoms with Crippen molar-refractivity contribution in [3.8, 4) is 0 Å². The molecule has 0 radical (unpaired) electrons. The minimum Gasteiger partial charge on any atom is -0.326 e. The van der Waals surface area contributed by atoms with Crippen LogP contribution in [0.4, 0.5) is 13.2 Å². The van der Waals surface area contributed by atoms with E-state index in [1.54, 1.807) is 0 Å². The molecule has 2 N–H and O–H groups in total. The quantitative estimate of drug-likeness (QED) is 0.824. The molecule has 0 atom stereocenters. The van der Waals surface area contributed by atoms with Crippen LogP contribution in [-0.4, -0.2) is 4.98 Å². The number of pyridine rings is 1. The molecule has 0 aromatic carbocycles. The van der Waals surface area contributed by atoms with Gasteiger partial charge in [-0.2, -0.15) is 4.39 Å². The van der Waals surface area contributed by atoms with Gasteiger partial charge in [-0.15, -0.1) is 0 Å². The number of rotatable bonds is 2. The molecular formula is C7H6BrF3N2. The van der Waals surface area contributed by atoms with Crippen molar-refractivity contribution >= 4 is 15.9 Å². The van der Waals surface area contributed by atoms with E-state index < -0.39 is 18.1 Å². The van der Waals surface area contributed by atoms with Crippen LogP contribution >= 0.6 is 15.9 Å². The highest BCUT2D eigenvalue weighted by atomic mass is 79.9. The molecule has 0 aliphatic rings. The van der Waals surface area contributed by atoms with Crippen LogP contribution in [0, 0.1) is 5.95 Å². The van der Waals surface area contributed by atoms with Crippen molar-refractivity contribution in [3.05, 3.63) is 27.7 Å². The van der Waals surface area contributed by atoms with Crippen LogP contribution in [0.3, 0.4) is 0 Å². The van der Waals surface area contributed by atoms with Crippen molar-refractivity contribution in [1.29, 1.82) is 0 Å². The topological polar surface area (TPSA) is 38.9 Å². The molecule has 0 aliphatic carbocycles. The Labute approximate surface area is 81.1 Å². The second-order valence-electron chi connectivity index (χ2n) is 2.31. The molecule has 0 saturated heterocycles. The summed E-state index contributed by atoms with van der Waals surface area (Å²) in [7, 11) is 0. The summed E-state index contributed by atoms with van der Waals surface area (Å²) < 4.78 is 37.2. The summed E-state index contributed by atoms with van der Waals surface area (Å²) in [4.78, 5) is 3.10. The van der Waals surface area contributed by atoms with E-state index in [9.17, 15) is 13.2 Å². The molecule has 1 heterocycles. The summed E-state index contributed by atoms with van der Waals surface area (Å²) >= 11 is 2.86. The molecule has 6 heteroatoms. The minimum atomic E-state index is -2.80. The third-order valence-electron chi connectivity index (χ3n) is 1.46. The zero-order valence-electron chi connectivity index (χ0n) is 6.40. The van der Waals surface area contributed by atoms with Gasteiger partial charge in [0.05, 0.1) is 0 Å². The zero-order valence-corrected chi connectivity index (χ0v) is 7.98. The summed E-state index contributed by atoms with van der Waals surface area (Å²) in [5.41, 5.74) is 4.66. The predicted molar refractivity (Wildman–Crippen MR) is 44.7 cm³/mol. The van der Waals surface area contributed by atoms with Gasteiger partial charge in [0.15, 0.2) is 0 Å². The summed E-state index contributed by atoms with van der Waals surface area (Å²) in [6.45, 7) is -0.0685. The lowest BCUT2D eigenvalue weighted by Crippen LogP contribution is -2.05. The average Bonchev–Trinajstić information content (AvgIpc) is 2.07. The van der Waals surface area contributed by atoms with Crippen LogP contribution in [0.15, 0.2) is 10.5 Å². The number of aromatic nitrogens is 1. The van der Waals surface area contributed by atoms with E-state index in [1.807, 2.05) is 0 Å². The highest BCUT2D eigenvalue weighted by molar-refractivity contribution is 9.10. The number of halogens is 4. The summed E-state index contributed by atoms with van der Waals surface area (Å²) in [6.07, 6.45) is -2.80. The second kappa shape index (κ2) is 4.06. The fourth-order valence-electron chi connectivity index (χ4n) is 0.814. The molecule has 0 aliphatic heterocycles. The van der Waals surface area contributed by atoms with Crippen molar-refractivity contribution in [2.45, 2.75) is 13.0 Å². The zero-order chi connectivity index (χ0) is 10.0. The van der Waals surface area contributed by atoms with Gasteiger partial charge < -0.3 is 5.73 Å². The fraction of sp³-hybridized carbons (Fsp3) is 0.286. The molecule has 72 valence electrons. The molecular weight excluding hydrogens is 249 g/mol. The lowest BCUT2D eigenvalue weighted by atomic mass is 10.2. The Morgan fingerprint density at radius 1 is 1.54 bits per heavy atom. The maximum Gasteiger partial charge on any atom is 0.281 e. The number of hydrogen-bond donors (Lipinski definition) is 1. The first-order valence-electron chi connectivity index (χ1n) is 3.39. The lowest BCUT2D eigenvalue weighted by Gasteiger charge is -2.05. The molecule has 13 heavy (non-hydrogen) atoms. The minimum absolute atomic E-state index is 0.0685. The van der Waals surface area contributed by atoms with Crippen molar-refractivity contribution in [1.82, 2.24) is 4.98 Å². The largest absolute Gasteiger partial charge is 0.326 e. The summed E-state index contributed by atoms with van der Waals surface area (Å²) in [6, 6.07) is 1.21. The Balaban J connectivity index is 3.20. The van der Waals surface area contributed by atoms with E-state index in [2.05, 4.69) is 20.9 Å². The van der Waals surface area contributed by atoms with Crippen molar-refractivity contribution in [3.63, 3.8) is 0 Å². The van der Waals surface area contributed by atoms with Crippen LogP contribution in [0.1, 0.15) is 17.7 Å². The smallest absolute Gasteiger partial charge is 0.281 e. The molecule has 1 aromatic rings. The van der Waals surface area contributed by atoms with Crippen LogP contribution in [0.25, 0.3) is 0 Å². The number of hydrogen-bond acceptors (Lipinski definition) is 2. The van der Waals surface area contributed by atoms with E-state index in [-0.39, 0.29) is 16.6 Å². The molecule has 1 rings (SSSR count). The molecule has 0 spiro atoms. The van der Waals surface area contributed by atoms with Crippen molar-refractivity contribution in [2.75, 3.05) is 0 Å². The van der Waals surface area contributed by atoms with Gasteiger partial charge in [-0.25, -0.2) is 13.8 Å². The highest BCUT2D eigenvalue weighted by Gasteiger charge is 2.16. The Hall–Kier alpha value is -0.620. The number of nitrogens with two attached hydrogens (primary N) is 1. The third-order valence-corrected chi connectivity index (χ3v) is 2.09. The monoisotopic (exact) mass is 254 g/mol. The molecule has 0 fully saturated rings. The molecule has 2 nitrogen and oxygen atoms in total. The van der Waals surface area contributed by atoms with Crippen molar-refractivity contribution < 1.29 is 13.2 Å². The third kappa shape index (κ3) is 2.19. The van der Waals surface area contributed by atoms with Crippen LogP contribution in [0.5, 0.6) is 0 Å². The summed E-state index contributed by atoms with van der Waals surface area (Å²) in [5, 5.41) is 0. The molecule has 0 amide bonds. The molecule has 1 aromatic heterocycles. The van der Waals surface area contributed by atoms with E-state index in [4.69, 9.17) is 5.73 Å². The van der Waals surface area contributed by atoms with Gasteiger partial charge >= 0.3 is 0 Å². The van der Waals surface area contributed by atoms with Gasteiger partial charge in [-0.3, -0.25) is 0 Å². The van der Waals surface area contributed by atoms with Crippen molar-refractivity contribution in [2.24, 2.45) is 5.73 Å². The van der Waals surface area contributed by atoms with Gasteiger partial charge in [0.25, 0.3) is 6.43 Å². The van der Waals surface area contributed by atoms with Crippen LogP contribution in [-0.2, 0) is 6.54 Å². The molecule has 0 saturated carbocycles. The van der Waals surface area contributed by atoms with Gasteiger partial charge in [0.2, 0.25) is 5.95 Å². The van der Waals surface area contributed by atoms with Crippen LogP contribution < -0.4 is 5.73 Å². The molecule has 0 bridgehead atoms. The number of alkyl halides is 2. The Morgan fingerprint density at radius 2 is 2.15 bits per heavy atom. The van der Waals surface area contributed by atoms with Gasteiger partial charge in [-0.05, 0) is 22.0 Å². The maximum atomic E-state index is 12.8. The number of nitrogens with zero attached hydrogens (tertiary/aromatic N) is 1. The first kappa shape index (κ1) is 10.5. The Kier molecular flexibility index (Phi) is 3.27. The molecule has 0 unspecified atom stereocenters. The average molecular weight is 255 g/mol. The normalized spacial score (nSPS) is 10.9. The first-order valence-corrected chi connectivity index (χ1v) is 4.18. The Morgan fingerprint density at radius 3 is 2.62 bits per heavy atom. The SMILES string of the molecule is NCc1cc(Br)c(C(F)F)nc1F. The van der Waals surface area contributed by atoms with Crippen LogP contribution in [0.2, 0.25) is 0 Å². The lowest BCUT2D eigenvalue weighted by molar-refractivity contribution is 0.143. The van der Waals surface area contributed by atoms with E-state index in [1.165, 1.54) is 6.07 Å². The predicted octanol–water partition coefficient (Wildman–Crippen LogP) is 2.38. The van der Waals surface area contributed by atoms with Gasteiger partial charge in [0, 0.05) is 16.6 Å².